The van der Waals surface area contributed by atoms with Crippen LogP contribution in [0.25, 0.3) is 0 Å². The molecular formula is C15H18ClN3. The standard InChI is InChI=1S/C15H18ClN3/c16-14-8-6-13(7-9-14)15(19-11-17-10-18-19)12-4-2-1-3-5-12/h6-12,15H,1-5H2. The van der Waals surface area contributed by atoms with Crippen molar-refractivity contribution in [1.29, 1.82) is 0 Å². The van der Waals surface area contributed by atoms with Crippen LogP contribution in [0.2, 0.25) is 5.02 Å². The number of rotatable bonds is 3. The Morgan fingerprint density at radius 1 is 1.11 bits per heavy atom. The predicted octanol–water partition coefficient (Wildman–Crippen LogP) is 4.10. The first kappa shape index (κ1) is 12.7. The third-order valence-electron chi connectivity index (χ3n) is 4.03. The van der Waals surface area contributed by atoms with Gasteiger partial charge in [-0.15, -0.1) is 0 Å². The van der Waals surface area contributed by atoms with E-state index in [9.17, 15) is 0 Å². The van der Waals surface area contributed by atoms with Gasteiger partial charge in [0.15, 0.2) is 0 Å². The second-order valence-corrected chi connectivity index (χ2v) is 5.71. The first-order valence-corrected chi connectivity index (χ1v) is 7.32. The van der Waals surface area contributed by atoms with Crippen molar-refractivity contribution in [3.05, 3.63) is 47.5 Å². The third kappa shape index (κ3) is 2.81. The second kappa shape index (κ2) is 5.74. The molecule has 0 spiro atoms. The smallest absolute Gasteiger partial charge is 0.137 e. The summed E-state index contributed by atoms with van der Waals surface area (Å²) in [6, 6.07) is 8.44. The van der Waals surface area contributed by atoms with Crippen molar-refractivity contribution in [2.75, 3.05) is 0 Å². The van der Waals surface area contributed by atoms with Gasteiger partial charge in [0.05, 0.1) is 6.04 Å². The minimum atomic E-state index is 0.292. The van der Waals surface area contributed by atoms with Gasteiger partial charge in [0, 0.05) is 5.02 Å². The molecule has 1 aliphatic carbocycles. The number of hydrogen-bond donors (Lipinski definition) is 0. The van der Waals surface area contributed by atoms with E-state index in [4.69, 9.17) is 11.6 Å². The van der Waals surface area contributed by atoms with E-state index in [-0.39, 0.29) is 0 Å². The molecule has 0 amide bonds. The summed E-state index contributed by atoms with van der Waals surface area (Å²) in [5.41, 5.74) is 1.28. The van der Waals surface area contributed by atoms with Crippen LogP contribution in [0.15, 0.2) is 36.9 Å². The Hall–Kier alpha value is -1.35. The van der Waals surface area contributed by atoms with E-state index >= 15 is 0 Å². The molecule has 3 nitrogen and oxygen atoms in total. The van der Waals surface area contributed by atoms with Gasteiger partial charge in [0.2, 0.25) is 0 Å². The quantitative estimate of drug-likeness (QED) is 0.844. The minimum Gasteiger partial charge on any atom is -0.245 e. The first-order chi connectivity index (χ1) is 9.34. The summed E-state index contributed by atoms with van der Waals surface area (Å²) >= 11 is 5.99. The van der Waals surface area contributed by atoms with E-state index < -0.39 is 0 Å². The van der Waals surface area contributed by atoms with Crippen LogP contribution in [0, 0.1) is 5.92 Å². The number of nitrogens with zero attached hydrogens (tertiary/aromatic N) is 3. The average Bonchev–Trinajstić information content (AvgIpc) is 2.96. The van der Waals surface area contributed by atoms with Crippen molar-refractivity contribution < 1.29 is 0 Å². The topological polar surface area (TPSA) is 30.7 Å². The van der Waals surface area contributed by atoms with E-state index in [2.05, 4.69) is 22.2 Å². The summed E-state index contributed by atoms with van der Waals surface area (Å²) in [5.74, 6) is 0.650. The predicted molar refractivity (Wildman–Crippen MR) is 76.2 cm³/mol. The van der Waals surface area contributed by atoms with Crippen LogP contribution in [0.5, 0.6) is 0 Å². The van der Waals surface area contributed by atoms with Gasteiger partial charge in [0.25, 0.3) is 0 Å². The lowest BCUT2D eigenvalue weighted by Crippen LogP contribution is -2.23. The molecule has 2 aromatic rings. The summed E-state index contributed by atoms with van der Waals surface area (Å²) in [5, 5.41) is 5.15. The van der Waals surface area contributed by atoms with Crippen molar-refractivity contribution in [3.63, 3.8) is 0 Å². The molecule has 0 aliphatic heterocycles. The molecule has 0 bridgehead atoms. The van der Waals surface area contributed by atoms with Crippen LogP contribution in [0.1, 0.15) is 43.7 Å². The van der Waals surface area contributed by atoms with Crippen molar-refractivity contribution in [2.24, 2.45) is 5.92 Å². The molecule has 1 atom stereocenters. The molecule has 1 aliphatic rings. The molecule has 1 aromatic carbocycles. The van der Waals surface area contributed by atoms with E-state index in [1.807, 2.05) is 23.1 Å². The fourth-order valence-electron chi connectivity index (χ4n) is 3.11. The molecular weight excluding hydrogens is 258 g/mol. The Bertz CT molecular complexity index is 501. The van der Waals surface area contributed by atoms with Gasteiger partial charge in [-0.05, 0) is 36.5 Å². The lowest BCUT2D eigenvalue weighted by molar-refractivity contribution is 0.266. The van der Waals surface area contributed by atoms with Crippen molar-refractivity contribution in [1.82, 2.24) is 14.8 Å². The fourth-order valence-corrected chi connectivity index (χ4v) is 3.24. The highest BCUT2D eigenvalue weighted by molar-refractivity contribution is 6.30. The van der Waals surface area contributed by atoms with Gasteiger partial charge in [0.1, 0.15) is 12.7 Å². The molecule has 1 aromatic heterocycles. The number of aromatic nitrogens is 3. The van der Waals surface area contributed by atoms with Crippen LogP contribution >= 0.6 is 11.6 Å². The Morgan fingerprint density at radius 2 is 1.84 bits per heavy atom. The summed E-state index contributed by atoms with van der Waals surface area (Å²) in [6.07, 6.45) is 9.99. The zero-order valence-corrected chi connectivity index (χ0v) is 11.6. The Morgan fingerprint density at radius 3 is 2.47 bits per heavy atom. The molecule has 100 valence electrons. The molecule has 3 rings (SSSR count). The van der Waals surface area contributed by atoms with Gasteiger partial charge < -0.3 is 0 Å². The summed E-state index contributed by atoms with van der Waals surface area (Å²) in [4.78, 5) is 4.11. The van der Waals surface area contributed by atoms with Crippen LogP contribution < -0.4 is 0 Å². The normalized spacial score (nSPS) is 18.4. The van der Waals surface area contributed by atoms with Gasteiger partial charge >= 0.3 is 0 Å². The maximum absolute atomic E-state index is 5.99. The van der Waals surface area contributed by atoms with Gasteiger partial charge in [-0.1, -0.05) is 43.0 Å². The molecule has 1 unspecified atom stereocenters. The van der Waals surface area contributed by atoms with E-state index in [0.29, 0.717) is 12.0 Å². The second-order valence-electron chi connectivity index (χ2n) is 5.27. The monoisotopic (exact) mass is 275 g/mol. The first-order valence-electron chi connectivity index (χ1n) is 6.94. The maximum atomic E-state index is 5.99. The van der Waals surface area contributed by atoms with Crippen molar-refractivity contribution >= 4 is 11.6 Å². The molecule has 19 heavy (non-hydrogen) atoms. The summed E-state index contributed by atoms with van der Waals surface area (Å²) in [7, 11) is 0. The van der Waals surface area contributed by atoms with Crippen molar-refractivity contribution in [2.45, 2.75) is 38.1 Å². The lowest BCUT2D eigenvalue weighted by Gasteiger charge is -2.30. The molecule has 1 heterocycles. The Balaban J connectivity index is 1.93. The highest BCUT2D eigenvalue weighted by Gasteiger charge is 2.27. The highest BCUT2D eigenvalue weighted by atomic mass is 35.5. The van der Waals surface area contributed by atoms with Crippen LogP contribution in [-0.4, -0.2) is 14.8 Å². The Labute approximate surface area is 118 Å². The largest absolute Gasteiger partial charge is 0.245 e. The van der Waals surface area contributed by atoms with Crippen molar-refractivity contribution in [3.8, 4) is 0 Å². The van der Waals surface area contributed by atoms with Crippen LogP contribution in [-0.2, 0) is 0 Å². The number of benzene rings is 1. The van der Waals surface area contributed by atoms with Gasteiger partial charge in [-0.3, -0.25) is 0 Å². The minimum absolute atomic E-state index is 0.292. The number of hydrogen-bond acceptors (Lipinski definition) is 2. The molecule has 0 saturated heterocycles. The molecule has 0 N–H and O–H groups in total. The molecule has 1 fully saturated rings. The zero-order chi connectivity index (χ0) is 13.1. The SMILES string of the molecule is Clc1ccc(C(C2CCCCC2)n2cncn2)cc1. The summed E-state index contributed by atoms with van der Waals surface area (Å²) in [6.45, 7) is 0. The summed E-state index contributed by atoms with van der Waals surface area (Å²) < 4.78 is 2.00. The number of halogens is 1. The highest BCUT2D eigenvalue weighted by Crippen LogP contribution is 2.36. The fraction of sp³-hybridized carbons (Fsp3) is 0.467. The molecule has 0 radical (unpaired) electrons. The van der Waals surface area contributed by atoms with Crippen LogP contribution in [0.4, 0.5) is 0 Å². The third-order valence-corrected chi connectivity index (χ3v) is 4.28. The van der Waals surface area contributed by atoms with E-state index in [1.54, 1.807) is 6.33 Å². The maximum Gasteiger partial charge on any atom is 0.137 e. The zero-order valence-electron chi connectivity index (χ0n) is 10.9. The van der Waals surface area contributed by atoms with Gasteiger partial charge in [-0.25, -0.2) is 9.67 Å². The molecule has 4 heteroatoms. The lowest BCUT2D eigenvalue weighted by atomic mass is 9.81. The van der Waals surface area contributed by atoms with E-state index in [0.717, 1.165) is 5.02 Å². The van der Waals surface area contributed by atoms with Crippen LogP contribution in [0.3, 0.4) is 0 Å². The van der Waals surface area contributed by atoms with Gasteiger partial charge in [-0.2, -0.15) is 5.10 Å². The Kier molecular flexibility index (Phi) is 3.83. The molecule has 1 saturated carbocycles. The average molecular weight is 276 g/mol. The van der Waals surface area contributed by atoms with E-state index in [1.165, 1.54) is 37.7 Å².